The average molecular weight is 427 g/mol. The van der Waals surface area contributed by atoms with Crippen molar-refractivity contribution < 1.29 is 9.53 Å². The predicted molar refractivity (Wildman–Crippen MR) is 109 cm³/mol. The number of carbonyl (C=O) groups is 1. The molecule has 138 valence electrons. The summed E-state index contributed by atoms with van der Waals surface area (Å²) in [6.45, 7) is 1.76. The summed E-state index contributed by atoms with van der Waals surface area (Å²) < 4.78 is 6.51. The fourth-order valence-electron chi connectivity index (χ4n) is 3.07. The summed E-state index contributed by atoms with van der Waals surface area (Å²) in [6.07, 6.45) is 2.24. The summed E-state index contributed by atoms with van der Waals surface area (Å²) in [4.78, 5) is 24.0. The minimum Gasteiger partial charge on any atom is -0.484 e. The SMILES string of the molecule is O=C(COc1ccc(Br)cc1)Nc1nc2ccccc2nc1N1CCCC1. The number of nitrogens with zero attached hydrogens (tertiary/aromatic N) is 3. The van der Waals surface area contributed by atoms with Gasteiger partial charge in [0.1, 0.15) is 5.75 Å². The van der Waals surface area contributed by atoms with E-state index in [1.165, 1.54) is 0 Å². The lowest BCUT2D eigenvalue weighted by Crippen LogP contribution is -2.25. The lowest BCUT2D eigenvalue weighted by molar-refractivity contribution is -0.118. The van der Waals surface area contributed by atoms with Gasteiger partial charge in [-0.2, -0.15) is 0 Å². The van der Waals surface area contributed by atoms with Crippen LogP contribution in [0, 0.1) is 0 Å². The average Bonchev–Trinajstić information content (AvgIpc) is 3.21. The highest BCUT2D eigenvalue weighted by Crippen LogP contribution is 2.27. The van der Waals surface area contributed by atoms with E-state index in [0.29, 0.717) is 11.6 Å². The smallest absolute Gasteiger partial charge is 0.263 e. The van der Waals surface area contributed by atoms with Crippen molar-refractivity contribution in [3.05, 3.63) is 53.0 Å². The third kappa shape index (κ3) is 4.19. The van der Waals surface area contributed by atoms with Crippen molar-refractivity contribution >= 4 is 44.5 Å². The van der Waals surface area contributed by atoms with Gasteiger partial charge < -0.3 is 15.0 Å². The molecule has 0 unspecified atom stereocenters. The molecule has 4 rings (SSSR count). The fourth-order valence-corrected chi connectivity index (χ4v) is 3.34. The predicted octanol–water partition coefficient (Wildman–Crippen LogP) is 4.01. The van der Waals surface area contributed by atoms with Crippen molar-refractivity contribution in [1.29, 1.82) is 0 Å². The molecule has 1 N–H and O–H groups in total. The minimum absolute atomic E-state index is 0.0877. The summed E-state index contributed by atoms with van der Waals surface area (Å²) in [5.41, 5.74) is 1.58. The first kappa shape index (κ1) is 17.7. The molecule has 0 bridgehead atoms. The van der Waals surface area contributed by atoms with E-state index < -0.39 is 0 Å². The van der Waals surface area contributed by atoms with Gasteiger partial charge in [-0.05, 0) is 49.2 Å². The fraction of sp³-hybridized carbons (Fsp3) is 0.250. The van der Waals surface area contributed by atoms with Gasteiger partial charge in [0.15, 0.2) is 18.2 Å². The number of hydrogen-bond acceptors (Lipinski definition) is 5. The molecular weight excluding hydrogens is 408 g/mol. The Balaban J connectivity index is 1.53. The standard InChI is InChI=1S/C20H19BrN4O2/c21-14-7-9-15(10-8-14)27-13-18(26)24-19-20(25-11-3-4-12-25)23-17-6-2-1-5-16(17)22-19/h1-2,5-10H,3-4,11-13H2,(H,22,24,26). The van der Waals surface area contributed by atoms with Crippen LogP contribution >= 0.6 is 15.9 Å². The number of carbonyl (C=O) groups excluding carboxylic acids is 1. The molecule has 2 heterocycles. The Labute approximate surface area is 165 Å². The summed E-state index contributed by atoms with van der Waals surface area (Å²) in [5, 5.41) is 2.87. The molecule has 6 nitrogen and oxygen atoms in total. The van der Waals surface area contributed by atoms with Crippen molar-refractivity contribution in [3.63, 3.8) is 0 Å². The van der Waals surface area contributed by atoms with Crippen LogP contribution in [0.5, 0.6) is 5.75 Å². The number of ether oxygens (including phenoxy) is 1. The van der Waals surface area contributed by atoms with Gasteiger partial charge in [0, 0.05) is 17.6 Å². The maximum Gasteiger partial charge on any atom is 0.263 e. The van der Waals surface area contributed by atoms with Crippen molar-refractivity contribution in [1.82, 2.24) is 9.97 Å². The Morgan fingerprint density at radius 2 is 1.70 bits per heavy atom. The highest BCUT2D eigenvalue weighted by molar-refractivity contribution is 9.10. The number of benzene rings is 2. The van der Waals surface area contributed by atoms with E-state index in [-0.39, 0.29) is 12.5 Å². The zero-order valence-corrected chi connectivity index (χ0v) is 16.3. The van der Waals surface area contributed by atoms with Crippen molar-refractivity contribution in [2.45, 2.75) is 12.8 Å². The van der Waals surface area contributed by atoms with Crippen LogP contribution in [0.2, 0.25) is 0 Å². The number of halogens is 1. The Morgan fingerprint density at radius 3 is 2.41 bits per heavy atom. The second kappa shape index (κ2) is 7.92. The molecule has 1 aliphatic heterocycles. The zero-order valence-electron chi connectivity index (χ0n) is 14.7. The Morgan fingerprint density at radius 1 is 1.04 bits per heavy atom. The van der Waals surface area contributed by atoms with Crippen LogP contribution in [-0.2, 0) is 4.79 Å². The van der Waals surface area contributed by atoms with E-state index in [9.17, 15) is 4.79 Å². The third-order valence-electron chi connectivity index (χ3n) is 4.40. The first-order valence-electron chi connectivity index (χ1n) is 8.89. The van der Waals surface area contributed by atoms with Gasteiger partial charge in [-0.3, -0.25) is 4.79 Å². The Hall–Kier alpha value is -2.67. The van der Waals surface area contributed by atoms with E-state index in [1.807, 2.05) is 48.5 Å². The molecule has 0 aliphatic carbocycles. The first-order chi connectivity index (χ1) is 13.2. The van der Waals surface area contributed by atoms with E-state index in [2.05, 4.69) is 31.1 Å². The van der Waals surface area contributed by atoms with Crippen LogP contribution in [0.1, 0.15) is 12.8 Å². The number of hydrogen-bond donors (Lipinski definition) is 1. The van der Waals surface area contributed by atoms with Crippen LogP contribution in [0.15, 0.2) is 53.0 Å². The molecule has 0 radical (unpaired) electrons. The molecule has 1 aliphatic rings. The highest BCUT2D eigenvalue weighted by atomic mass is 79.9. The van der Waals surface area contributed by atoms with Crippen molar-refractivity contribution in [3.8, 4) is 5.75 Å². The van der Waals surface area contributed by atoms with Crippen LogP contribution < -0.4 is 15.0 Å². The van der Waals surface area contributed by atoms with Crippen LogP contribution in [-0.4, -0.2) is 35.6 Å². The molecule has 0 saturated carbocycles. The molecule has 0 atom stereocenters. The lowest BCUT2D eigenvalue weighted by Gasteiger charge is -2.20. The number of nitrogens with one attached hydrogen (secondary N) is 1. The summed E-state index contributed by atoms with van der Waals surface area (Å²) >= 11 is 3.37. The lowest BCUT2D eigenvalue weighted by atomic mass is 10.3. The summed E-state index contributed by atoms with van der Waals surface area (Å²) in [6, 6.07) is 15.0. The second-order valence-corrected chi connectivity index (χ2v) is 7.29. The van der Waals surface area contributed by atoms with Gasteiger partial charge in [0.05, 0.1) is 11.0 Å². The quantitative estimate of drug-likeness (QED) is 0.667. The topological polar surface area (TPSA) is 67.3 Å². The number of fused-ring (bicyclic) bond motifs is 1. The molecule has 27 heavy (non-hydrogen) atoms. The summed E-state index contributed by atoms with van der Waals surface area (Å²) in [7, 11) is 0. The Bertz CT molecular complexity index is 956. The molecule has 1 saturated heterocycles. The van der Waals surface area contributed by atoms with E-state index in [1.54, 1.807) is 0 Å². The number of rotatable bonds is 5. The van der Waals surface area contributed by atoms with Crippen LogP contribution in [0.25, 0.3) is 11.0 Å². The summed E-state index contributed by atoms with van der Waals surface area (Å²) in [5.74, 6) is 1.59. The van der Waals surface area contributed by atoms with Gasteiger partial charge in [-0.1, -0.05) is 28.1 Å². The van der Waals surface area contributed by atoms with E-state index in [4.69, 9.17) is 9.72 Å². The second-order valence-electron chi connectivity index (χ2n) is 6.37. The number of para-hydroxylation sites is 2. The van der Waals surface area contributed by atoms with E-state index >= 15 is 0 Å². The maximum absolute atomic E-state index is 12.4. The van der Waals surface area contributed by atoms with Crippen molar-refractivity contribution in [2.75, 3.05) is 29.9 Å². The van der Waals surface area contributed by atoms with Gasteiger partial charge in [0.25, 0.3) is 5.91 Å². The highest BCUT2D eigenvalue weighted by Gasteiger charge is 2.20. The van der Waals surface area contributed by atoms with Crippen molar-refractivity contribution in [2.24, 2.45) is 0 Å². The third-order valence-corrected chi connectivity index (χ3v) is 4.93. The minimum atomic E-state index is -0.261. The maximum atomic E-state index is 12.4. The monoisotopic (exact) mass is 426 g/mol. The number of aromatic nitrogens is 2. The molecule has 1 amide bonds. The van der Waals surface area contributed by atoms with Gasteiger partial charge in [-0.15, -0.1) is 0 Å². The molecule has 1 aromatic heterocycles. The van der Waals surface area contributed by atoms with Gasteiger partial charge >= 0.3 is 0 Å². The normalized spacial score (nSPS) is 13.7. The molecule has 7 heteroatoms. The zero-order chi connectivity index (χ0) is 18.6. The number of amides is 1. The van der Waals surface area contributed by atoms with Gasteiger partial charge in [-0.25, -0.2) is 9.97 Å². The molecule has 2 aromatic carbocycles. The van der Waals surface area contributed by atoms with Crippen LogP contribution in [0.4, 0.5) is 11.6 Å². The Kier molecular flexibility index (Phi) is 5.20. The first-order valence-corrected chi connectivity index (χ1v) is 9.68. The molecule has 1 fully saturated rings. The van der Waals surface area contributed by atoms with E-state index in [0.717, 1.165) is 47.3 Å². The molecular formula is C20H19BrN4O2. The van der Waals surface area contributed by atoms with Crippen LogP contribution in [0.3, 0.4) is 0 Å². The molecule has 0 spiro atoms. The van der Waals surface area contributed by atoms with Gasteiger partial charge in [0.2, 0.25) is 0 Å². The molecule has 3 aromatic rings. The number of anilines is 2. The largest absolute Gasteiger partial charge is 0.484 e.